The van der Waals surface area contributed by atoms with E-state index in [4.69, 9.17) is 0 Å². The molecule has 0 unspecified atom stereocenters. The van der Waals surface area contributed by atoms with Crippen LogP contribution in [-0.4, -0.2) is 9.08 Å². The van der Waals surface area contributed by atoms with Gasteiger partial charge in [0.1, 0.15) is 0 Å². The Labute approximate surface area is 70.6 Å². The second-order valence-corrected chi connectivity index (χ2v) is 4.62. The minimum Gasteiger partial charge on any atom is -0.237 e. The highest BCUT2D eigenvalue weighted by Gasteiger charge is 2.44. The third-order valence-corrected chi connectivity index (χ3v) is 3.11. The Morgan fingerprint density at radius 2 is 1.58 bits per heavy atom. The average Bonchev–Trinajstić information content (AvgIpc) is 2.03. The van der Waals surface area contributed by atoms with Gasteiger partial charge >= 0.3 is 9.08 Å². The van der Waals surface area contributed by atoms with Crippen LogP contribution in [0.4, 0.5) is 12.3 Å². The van der Waals surface area contributed by atoms with Crippen LogP contribution in [0.3, 0.4) is 0 Å². The van der Waals surface area contributed by atoms with Gasteiger partial charge in [0.2, 0.25) is 0 Å². The first-order valence-electron chi connectivity index (χ1n) is 3.63. The highest BCUT2D eigenvalue weighted by atomic mass is 28.5. The van der Waals surface area contributed by atoms with Gasteiger partial charge in [-0.2, -0.15) is 0 Å². The van der Waals surface area contributed by atoms with Crippen LogP contribution >= 0.6 is 0 Å². The van der Waals surface area contributed by atoms with Crippen LogP contribution in [0, 0.1) is 0 Å². The summed E-state index contributed by atoms with van der Waals surface area (Å²) in [7, 11) is -5.50. The first-order valence-corrected chi connectivity index (χ1v) is 5.34. The lowest BCUT2D eigenvalue weighted by Gasteiger charge is -2.11. The standard InChI is InChI=1S/C8H9F3Si/c1-7(12(9,10)11)8-5-3-2-4-6-8/h2-7H,1H3/t7-/m0/s1. The van der Waals surface area contributed by atoms with Crippen molar-refractivity contribution in [2.45, 2.75) is 12.5 Å². The summed E-state index contributed by atoms with van der Waals surface area (Å²) in [5.74, 6) is 0. The number of hydrogen-bond acceptors (Lipinski definition) is 0. The summed E-state index contributed by atoms with van der Waals surface area (Å²) < 4.78 is 36.8. The van der Waals surface area contributed by atoms with Crippen LogP contribution in [0.5, 0.6) is 0 Å². The van der Waals surface area contributed by atoms with Crippen LogP contribution in [0.1, 0.15) is 18.0 Å². The van der Waals surface area contributed by atoms with Crippen LogP contribution < -0.4 is 0 Å². The second kappa shape index (κ2) is 3.31. The molecule has 0 spiro atoms. The largest absolute Gasteiger partial charge is 0.623 e. The monoisotopic (exact) mass is 190 g/mol. The first-order chi connectivity index (χ1) is 5.52. The number of rotatable bonds is 2. The molecular weight excluding hydrogens is 181 g/mol. The summed E-state index contributed by atoms with van der Waals surface area (Å²) in [4.78, 5) is 0. The van der Waals surface area contributed by atoms with E-state index in [2.05, 4.69) is 0 Å². The molecule has 0 aliphatic heterocycles. The molecule has 0 bridgehead atoms. The molecule has 0 saturated carbocycles. The van der Waals surface area contributed by atoms with E-state index in [9.17, 15) is 12.3 Å². The lowest BCUT2D eigenvalue weighted by Crippen LogP contribution is -2.24. The predicted molar refractivity (Wildman–Crippen MR) is 43.9 cm³/mol. The molecule has 0 aliphatic rings. The lowest BCUT2D eigenvalue weighted by atomic mass is 10.2. The fraction of sp³-hybridized carbons (Fsp3) is 0.250. The van der Waals surface area contributed by atoms with Gasteiger partial charge in [0.05, 0.1) is 5.54 Å². The molecule has 0 aromatic heterocycles. The molecule has 4 heteroatoms. The molecule has 0 fully saturated rings. The summed E-state index contributed by atoms with van der Waals surface area (Å²) in [6.07, 6.45) is 0. The van der Waals surface area contributed by atoms with Gasteiger partial charge in [0.15, 0.2) is 0 Å². The van der Waals surface area contributed by atoms with Crippen molar-refractivity contribution in [3.63, 3.8) is 0 Å². The minimum atomic E-state index is -5.50. The molecule has 1 rings (SSSR count). The van der Waals surface area contributed by atoms with Gasteiger partial charge in [-0.15, -0.1) is 0 Å². The summed E-state index contributed by atoms with van der Waals surface area (Å²) in [5.41, 5.74) is -0.865. The highest BCUT2D eigenvalue weighted by molar-refractivity contribution is 6.60. The van der Waals surface area contributed by atoms with Crippen molar-refractivity contribution < 1.29 is 12.3 Å². The van der Waals surface area contributed by atoms with E-state index >= 15 is 0 Å². The van der Waals surface area contributed by atoms with Gasteiger partial charge in [-0.05, 0) is 5.56 Å². The van der Waals surface area contributed by atoms with Crippen molar-refractivity contribution in [1.29, 1.82) is 0 Å². The van der Waals surface area contributed by atoms with E-state index in [1.807, 2.05) is 0 Å². The maximum absolute atomic E-state index is 12.3. The zero-order chi connectivity index (χ0) is 9.19. The molecule has 0 saturated heterocycles. The molecule has 0 radical (unpaired) electrons. The van der Waals surface area contributed by atoms with Gasteiger partial charge in [0, 0.05) is 0 Å². The summed E-state index contributed by atoms with van der Waals surface area (Å²) in [5, 5.41) is 0. The Bertz CT molecular complexity index is 242. The molecule has 0 nitrogen and oxygen atoms in total. The molecule has 1 aromatic rings. The zero-order valence-electron chi connectivity index (χ0n) is 6.60. The van der Waals surface area contributed by atoms with Crippen LogP contribution in [0.25, 0.3) is 0 Å². The van der Waals surface area contributed by atoms with E-state index in [-0.39, 0.29) is 0 Å². The van der Waals surface area contributed by atoms with Crippen molar-refractivity contribution in [3.05, 3.63) is 35.9 Å². The quantitative estimate of drug-likeness (QED) is 0.496. The SMILES string of the molecule is C[C@@H](c1ccccc1)[Si](F)(F)F. The van der Waals surface area contributed by atoms with Gasteiger partial charge in [-0.1, -0.05) is 37.3 Å². The predicted octanol–water partition coefficient (Wildman–Crippen LogP) is 3.18. The van der Waals surface area contributed by atoms with Crippen LogP contribution in [0.15, 0.2) is 30.3 Å². The molecule has 0 amide bonds. The van der Waals surface area contributed by atoms with Gasteiger partial charge in [-0.25, -0.2) is 12.3 Å². The molecule has 66 valence electrons. The minimum absolute atomic E-state index is 0.372. The molecule has 0 aliphatic carbocycles. The topological polar surface area (TPSA) is 0 Å². The Morgan fingerprint density at radius 1 is 1.08 bits per heavy atom. The van der Waals surface area contributed by atoms with E-state index in [0.717, 1.165) is 0 Å². The Morgan fingerprint density at radius 3 is 2.00 bits per heavy atom. The van der Waals surface area contributed by atoms with E-state index in [1.165, 1.54) is 19.1 Å². The maximum atomic E-state index is 12.3. The Kier molecular flexibility index (Phi) is 2.57. The Balaban J connectivity index is 2.86. The Hall–Kier alpha value is -0.773. The molecule has 1 atom stereocenters. The smallest absolute Gasteiger partial charge is 0.237 e. The van der Waals surface area contributed by atoms with Crippen molar-refractivity contribution >= 4 is 9.08 Å². The molecular formula is C8H9F3Si. The third kappa shape index (κ3) is 2.10. The fourth-order valence-electron chi connectivity index (χ4n) is 0.931. The number of benzene rings is 1. The third-order valence-electron chi connectivity index (χ3n) is 1.79. The second-order valence-electron chi connectivity index (χ2n) is 2.67. The zero-order valence-corrected chi connectivity index (χ0v) is 7.60. The normalized spacial score (nSPS) is 14.3. The van der Waals surface area contributed by atoms with E-state index in [0.29, 0.717) is 5.56 Å². The summed E-state index contributed by atoms with van der Waals surface area (Å²) >= 11 is 0. The summed E-state index contributed by atoms with van der Waals surface area (Å²) in [6, 6.07) is 8.02. The van der Waals surface area contributed by atoms with Crippen molar-refractivity contribution in [3.8, 4) is 0 Å². The number of halogens is 3. The highest BCUT2D eigenvalue weighted by Crippen LogP contribution is 2.29. The maximum Gasteiger partial charge on any atom is 0.623 e. The molecule has 1 aromatic carbocycles. The van der Waals surface area contributed by atoms with Gasteiger partial charge in [0.25, 0.3) is 0 Å². The van der Waals surface area contributed by atoms with Crippen LogP contribution in [-0.2, 0) is 0 Å². The van der Waals surface area contributed by atoms with Crippen LogP contribution in [0.2, 0.25) is 0 Å². The average molecular weight is 190 g/mol. The van der Waals surface area contributed by atoms with Crippen molar-refractivity contribution in [2.24, 2.45) is 0 Å². The van der Waals surface area contributed by atoms with E-state index < -0.39 is 14.6 Å². The van der Waals surface area contributed by atoms with Gasteiger partial charge < -0.3 is 0 Å². The first kappa shape index (κ1) is 9.32. The fourth-order valence-corrected chi connectivity index (χ4v) is 1.50. The lowest BCUT2D eigenvalue weighted by molar-refractivity contribution is 0.446. The molecule has 0 N–H and O–H groups in total. The molecule has 12 heavy (non-hydrogen) atoms. The molecule has 0 heterocycles. The number of hydrogen-bond donors (Lipinski definition) is 0. The van der Waals surface area contributed by atoms with E-state index in [1.54, 1.807) is 18.2 Å². The van der Waals surface area contributed by atoms with Crippen molar-refractivity contribution in [1.82, 2.24) is 0 Å². The summed E-state index contributed by atoms with van der Waals surface area (Å²) in [6.45, 7) is 1.22. The van der Waals surface area contributed by atoms with Gasteiger partial charge in [-0.3, -0.25) is 0 Å². The van der Waals surface area contributed by atoms with Crippen molar-refractivity contribution in [2.75, 3.05) is 0 Å².